The minimum absolute atomic E-state index is 0.103. The zero-order valence-corrected chi connectivity index (χ0v) is 11.8. The second kappa shape index (κ2) is 5.94. The molecule has 0 bridgehead atoms. The highest BCUT2D eigenvalue weighted by Crippen LogP contribution is 2.27. The molecule has 5 heteroatoms. The lowest BCUT2D eigenvalue weighted by Gasteiger charge is -2.24. The van der Waals surface area contributed by atoms with E-state index in [2.05, 4.69) is 5.32 Å². The van der Waals surface area contributed by atoms with Gasteiger partial charge in [0.1, 0.15) is 6.04 Å². The molecule has 108 valence electrons. The quantitative estimate of drug-likeness (QED) is 0.886. The number of urea groups is 1. The van der Waals surface area contributed by atoms with Gasteiger partial charge in [-0.25, -0.2) is 9.59 Å². The summed E-state index contributed by atoms with van der Waals surface area (Å²) in [7, 11) is 0. The van der Waals surface area contributed by atoms with Crippen LogP contribution in [0.3, 0.4) is 0 Å². The first kappa shape index (κ1) is 14.4. The Morgan fingerprint density at radius 1 is 1.40 bits per heavy atom. The maximum Gasteiger partial charge on any atom is 0.326 e. The molecule has 0 fully saturated rings. The second-order valence-corrected chi connectivity index (χ2v) is 5.18. The number of para-hydroxylation sites is 1. The van der Waals surface area contributed by atoms with Crippen molar-refractivity contribution in [2.24, 2.45) is 5.92 Å². The molecule has 2 N–H and O–H groups in total. The number of amides is 2. The van der Waals surface area contributed by atoms with Gasteiger partial charge in [0.25, 0.3) is 0 Å². The minimum atomic E-state index is -0.986. The minimum Gasteiger partial charge on any atom is -0.480 e. The molecule has 1 heterocycles. The van der Waals surface area contributed by atoms with E-state index in [9.17, 15) is 14.7 Å². The molecule has 1 aromatic carbocycles. The number of carboxylic acids is 1. The number of fused-ring (bicyclic) bond motifs is 1. The van der Waals surface area contributed by atoms with Crippen LogP contribution in [0.5, 0.6) is 0 Å². The molecule has 1 aliphatic rings. The van der Waals surface area contributed by atoms with Gasteiger partial charge in [0, 0.05) is 12.2 Å². The van der Waals surface area contributed by atoms with Crippen molar-refractivity contribution in [3.8, 4) is 0 Å². The van der Waals surface area contributed by atoms with E-state index in [1.54, 1.807) is 4.90 Å². The number of carbonyl (C=O) groups is 2. The fourth-order valence-corrected chi connectivity index (χ4v) is 2.44. The molecule has 0 aromatic heterocycles. The number of carbonyl (C=O) groups excluding carboxylic acids is 1. The van der Waals surface area contributed by atoms with Crippen molar-refractivity contribution in [1.29, 1.82) is 0 Å². The number of aliphatic carboxylic acids is 1. The number of nitrogens with zero attached hydrogens (tertiary/aromatic N) is 1. The van der Waals surface area contributed by atoms with Crippen molar-refractivity contribution >= 4 is 17.7 Å². The van der Waals surface area contributed by atoms with Crippen molar-refractivity contribution in [2.75, 3.05) is 11.4 Å². The molecule has 1 aliphatic heterocycles. The summed E-state index contributed by atoms with van der Waals surface area (Å²) in [6, 6.07) is 6.53. The van der Waals surface area contributed by atoms with Gasteiger partial charge in [-0.1, -0.05) is 38.5 Å². The first-order chi connectivity index (χ1) is 9.54. The van der Waals surface area contributed by atoms with Crippen molar-refractivity contribution in [1.82, 2.24) is 5.32 Å². The molecule has 0 spiro atoms. The van der Waals surface area contributed by atoms with E-state index in [1.165, 1.54) is 0 Å². The molecule has 1 aromatic rings. The molecular formula is C15H20N2O3. The van der Waals surface area contributed by atoms with Crippen LogP contribution in [0.2, 0.25) is 0 Å². The Hall–Kier alpha value is -2.04. The lowest BCUT2D eigenvalue weighted by molar-refractivity contribution is -0.140. The third-order valence-corrected chi connectivity index (χ3v) is 3.89. The van der Waals surface area contributed by atoms with Crippen molar-refractivity contribution in [3.63, 3.8) is 0 Å². The lowest BCUT2D eigenvalue weighted by Crippen LogP contribution is -2.50. The lowest BCUT2D eigenvalue weighted by atomic mass is 9.99. The fourth-order valence-electron chi connectivity index (χ4n) is 2.44. The number of benzene rings is 1. The third-order valence-electron chi connectivity index (χ3n) is 3.89. The Morgan fingerprint density at radius 2 is 2.10 bits per heavy atom. The fraction of sp³-hybridized carbons (Fsp3) is 0.467. The molecule has 0 saturated carbocycles. The van der Waals surface area contributed by atoms with Gasteiger partial charge < -0.3 is 10.4 Å². The predicted octanol–water partition coefficient (Wildman–Crippen LogP) is 2.26. The van der Waals surface area contributed by atoms with Gasteiger partial charge >= 0.3 is 12.0 Å². The Bertz CT molecular complexity index is 516. The first-order valence-electron chi connectivity index (χ1n) is 6.93. The number of anilines is 1. The van der Waals surface area contributed by atoms with E-state index in [4.69, 9.17) is 0 Å². The zero-order valence-electron chi connectivity index (χ0n) is 11.8. The van der Waals surface area contributed by atoms with Gasteiger partial charge in [0.2, 0.25) is 0 Å². The maximum absolute atomic E-state index is 12.3. The largest absolute Gasteiger partial charge is 0.480 e. The van der Waals surface area contributed by atoms with Crippen LogP contribution < -0.4 is 10.2 Å². The topological polar surface area (TPSA) is 69.6 Å². The Labute approximate surface area is 118 Å². The van der Waals surface area contributed by atoms with Gasteiger partial charge in [-0.2, -0.15) is 0 Å². The van der Waals surface area contributed by atoms with Crippen LogP contribution in [0.25, 0.3) is 0 Å². The summed E-state index contributed by atoms with van der Waals surface area (Å²) in [5.41, 5.74) is 2.00. The average Bonchev–Trinajstić information content (AvgIpc) is 2.87. The summed E-state index contributed by atoms with van der Waals surface area (Å²) in [4.78, 5) is 25.2. The summed E-state index contributed by atoms with van der Waals surface area (Å²) >= 11 is 0. The van der Waals surface area contributed by atoms with Gasteiger partial charge in [-0.3, -0.25) is 4.90 Å². The highest BCUT2D eigenvalue weighted by atomic mass is 16.4. The van der Waals surface area contributed by atoms with E-state index in [0.717, 1.165) is 17.7 Å². The smallest absolute Gasteiger partial charge is 0.326 e. The van der Waals surface area contributed by atoms with Gasteiger partial charge in [-0.05, 0) is 24.0 Å². The van der Waals surface area contributed by atoms with Crippen molar-refractivity contribution in [3.05, 3.63) is 29.8 Å². The van der Waals surface area contributed by atoms with Crippen LogP contribution in [-0.2, 0) is 11.2 Å². The Morgan fingerprint density at radius 3 is 2.75 bits per heavy atom. The number of nitrogens with one attached hydrogen (secondary N) is 1. The van der Waals surface area contributed by atoms with E-state index < -0.39 is 12.0 Å². The number of carboxylic acid groups (broad SMARTS) is 1. The van der Waals surface area contributed by atoms with E-state index >= 15 is 0 Å². The maximum atomic E-state index is 12.3. The second-order valence-electron chi connectivity index (χ2n) is 5.18. The third kappa shape index (κ3) is 2.76. The van der Waals surface area contributed by atoms with E-state index in [1.807, 2.05) is 38.1 Å². The zero-order chi connectivity index (χ0) is 14.7. The van der Waals surface area contributed by atoms with Crippen LogP contribution in [0.15, 0.2) is 24.3 Å². The Balaban J connectivity index is 2.11. The highest BCUT2D eigenvalue weighted by molar-refractivity contribution is 5.96. The Kier molecular flexibility index (Phi) is 4.27. The molecule has 0 unspecified atom stereocenters. The average molecular weight is 276 g/mol. The summed E-state index contributed by atoms with van der Waals surface area (Å²) in [6.07, 6.45) is 1.51. The van der Waals surface area contributed by atoms with Gasteiger partial charge in [-0.15, -0.1) is 0 Å². The first-order valence-corrected chi connectivity index (χ1v) is 6.93. The molecule has 2 rings (SSSR count). The van der Waals surface area contributed by atoms with E-state index in [0.29, 0.717) is 13.0 Å². The number of rotatable bonds is 4. The highest BCUT2D eigenvalue weighted by Gasteiger charge is 2.30. The van der Waals surface area contributed by atoms with Crippen LogP contribution in [0.1, 0.15) is 25.8 Å². The molecule has 0 aliphatic carbocycles. The molecule has 20 heavy (non-hydrogen) atoms. The summed E-state index contributed by atoms with van der Waals surface area (Å²) in [5.74, 6) is -1.09. The molecule has 2 amide bonds. The summed E-state index contributed by atoms with van der Waals surface area (Å²) < 4.78 is 0. The van der Waals surface area contributed by atoms with Crippen molar-refractivity contribution < 1.29 is 14.7 Å². The standard InChI is InChI=1S/C15H20N2O3/c1-3-10(2)13(14(18)19)16-15(20)17-9-8-11-6-4-5-7-12(11)17/h4-7,10,13H,3,8-9H2,1-2H3,(H,16,20)(H,18,19)/t10-,13+/m1/s1. The summed E-state index contributed by atoms with van der Waals surface area (Å²) in [6.45, 7) is 4.34. The molecule has 0 radical (unpaired) electrons. The van der Waals surface area contributed by atoms with Crippen LogP contribution in [-0.4, -0.2) is 29.7 Å². The molecular weight excluding hydrogens is 256 g/mol. The van der Waals surface area contributed by atoms with Gasteiger partial charge in [0.05, 0.1) is 0 Å². The summed E-state index contributed by atoms with van der Waals surface area (Å²) in [5, 5.41) is 11.9. The predicted molar refractivity (Wildman–Crippen MR) is 76.9 cm³/mol. The van der Waals surface area contributed by atoms with Crippen LogP contribution >= 0.6 is 0 Å². The van der Waals surface area contributed by atoms with Crippen molar-refractivity contribution in [2.45, 2.75) is 32.7 Å². The normalized spacial score (nSPS) is 16.4. The number of hydrogen-bond donors (Lipinski definition) is 2. The SMILES string of the molecule is CC[C@@H](C)[C@H](NC(=O)N1CCc2ccccc21)C(=O)O. The molecule has 0 saturated heterocycles. The van der Waals surface area contributed by atoms with Crippen LogP contribution in [0.4, 0.5) is 10.5 Å². The number of hydrogen-bond acceptors (Lipinski definition) is 2. The van der Waals surface area contributed by atoms with Crippen LogP contribution in [0, 0.1) is 5.92 Å². The molecule has 5 nitrogen and oxygen atoms in total. The monoisotopic (exact) mass is 276 g/mol. The molecule has 2 atom stereocenters. The van der Waals surface area contributed by atoms with Gasteiger partial charge in [0.15, 0.2) is 0 Å². The van der Waals surface area contributed by atoms with E-state index in [-0.39, 0.29) is 11.9 Å².